The van der Waals surface area contributed by atoms with E-state index in [9.17, 15) is 13.2 Å². The van der Waals surface area contributed by atoms with Crippen molar-refractivity contribution in [1.29, 1.82) is 0 Å². The molecule has 1 fully saturated rings. The molecule has 33 heavy (non-hydrogen) atoms. The lowest BCUT2D eigenvalue weighted by Crippen LogP contribution is -2.39. The highest BCUT2D eigenvalue weighted by atomic mass is 32.2. The number of H-pyrrole nitrogens is 1. The molecule has 3 heterocycles. The van der Waals surface area contributed by atoms with Gasteiger partial charge in [0.05, 0.1) is 11.4 Å². The Kier molecular flexibility index (Phi) is 5.55. The van der Waals surface area contributed by atoms with E-state index in [1.807, 2.05) is 31.2 Å². The van der Waals surface area contributed by atoms with E-state index >= 15 is 0 Å². The number of benzene rings is 2. The van der Waals surface area contributed by atoms with Gasteiger partial charge in [-0.3, -0.25) is 4.79 Å². The van der Waals surface area contributed by atoms with Gasteiger partial charge >= 0.3 is 0 Å². The number of aryl methyl sites for hydroxylation is 1. The normalized spacial score (nSPS) is 17.4. The van der Waals surface area contributed by atoms with Crippen molar-refractivity contribution in [3.05, 3.63) is 81.9 Å². The Morgan fingerprint density at radius 2 is 1.85 bits per heavy atom. The maximum Gasteiger partial charge on any atom is 0.281 e. The molecule has 2 aromatic carbocycles. The van der Waals surface area contributed by atoms with Gasteiger partial charge in [0, 0.05) is 19.0 Å². The Bertz CT molecular complexity index is 1450. The molecule has 0 aliphatic carbocycles. The predicted molar refractivity (Wildman–Crippen MR) is 123 cm³/mol. The van der Waals surface area contributed by atoms with Crippen LogP contribution in [0.5, 0.6) is 0 Å². The van der Waals surface area contributed by atoms with Crippen LogP contribution in [-0.2, 0) is 16.6 Å². The van der Waals surface area contributed by atoms with Gasteiger partial charge < -0.3 is 4.98 Å². The van der Waals surface area contributed by atoms with Crippen molar-refractivity contribution < 1.29 is 8.42 Å². The van der Waals surface area contributed by atoms with Gasteiger partial charge in [-0.05, 0) is 37.5 Å². The van der Waals surface area contributed by atoms with E-state index < -0.39 is 10.0 Å². The number of rotatable bonds is 5. The van der Waals surface area contributed by atoms with Crippen molar-refractivity contribution >= 4 is 21.2 Å². The van der Waals surface area contributed by atoms with Crippen molar-refractivity contribution in [1.82, 2.24) is 29.3 Å². The molecule has 9 nitrogen and oxygen atoms in total. The lowest BCUT2D eigenvalue weighted by molar-refractivity contribution is 0.309. The van der Waals surface area contributed by atoms with E-state index in [0.717, 1.165) is 17.5 Å². The lowest BCUT2D eigenvalue weighted by atomic mass is 9.99. The fraction of sp³-hybridized carbons (Fsp3) is 0.304. The van der Waals surface area contributed by atoms with Crippen LogP contribution in [0.1, 0.15) is 35.7 Å². The van der Waals surface area contributed by atoms with E-state index in [0.29, 0.717) is 31.0 Å². The first kappa shape index (κ1) is 21.5. The third kappa shape index (κ3) is 4.19. The first-order valence-electron chi connectivity index (χ1n) is 10.9. The summed E-state index contributed by atoms with van der Waals surface area (Å²) in [5.41, 5.74) is 2.39. The second-order valence-corrected chi connectivity index (χ2v) is 10.3. The molecule has 0 spiro atoms. The Hall–Kier alpha value is -3.37. The molecule has 4 aromatic rings. The molecule has 1 N–H and O–H groups in total. The topological polar surface area (TPSA) is 114 Å². The number of nitrogens with one attached hydrogen (secondary N) is 1. The Morgan fingerprint density at radius 3 is 2.61 bits per heavy atom. The molecule has 0 saturated carbocycles. The first-order chi connectivity index (χ1) is 15.9. The molecular formula is C23H24N6O3S. The molecular weight excluding hydrogens is 440 g/mol. The summed E-state index contributed by atoms with van der Waals surface area (Å²) in [5.74, 6) is 0.241. The van der Waals surface area contributed by atoms with E-state index in [1.165, 1.54) is 4.31 Å². The highest BCUT2D eigenvalue weighted by molar-refractivity contribution is 7.89. The minimum absolute atomic E-state index is 0.176. The number of fused-ring (bicyclic) bond motifs is 1. The molecule has 170 valence electrons. The maximum atomic E-state index is 13.1. The van der Waals surface area contributed by atoms with Gasteiger partial charge in [-0.15, -0.1) is 5.10 Å². The standard InChI is InChI=1S/C23H24N6O3S/c1-16-9-11-17(12-10-16)14-29-22-20(26-27-29)23(30)25-21(24-22)18-6-5-13-28(15-18)33(31,32)19-7-3-2-4-8-19/h2-4,7-12,18H,5-6,13-15H2,1H3,(H,24,25,30)/t18-/m1/s1. The van der Waals surface area contributed by atoms with Gasteiger partial charge in [0.15, 0.2) is 11.2 Å². The van der Waals surface area contributed by atoms with Crippen LogP contribution in [0.2, 0.25) is 0 Å². The highest BCUT2D eigenvalue weighted by Crippen LogP contribution is 2.28. The third-order valence-electron chi connectivity index (χ3n) is 6.00. The fourth-order valence-electron chi connectivity index (χ4n) is 4.17. The summed E-state index contributed by atoms with van der Waals surface area (Å²) < 4.78 is 29.3. The monoisotopic (exact) mass is 464 g/mol. The van der Waals surface area contributed by atoms with Gasteiger partial charge in [-0.2, -0.15) is 4.31 Å². The van der Waals surface area contributed by atoms with Crippen LogP contribution < -0.4 is 5.56 Å². The Morgan fingerprint density at radius 1 is 1.09 bits per heavy atom. The summed E-state index contributed by atoms with van der Waals surface area (Å²) in [6, 6.07) is 16.5. The summed E-state index contributed by atoms with van der Waals surface area (Å²) in [6.07, 6.45) is 1.41. The summed E-state index contributed by atoms with van der Waals surface area (Å²) in [5, 5.41) is 8.14. The van der Waals surface area contributed by atoms with Crippen LogP contribution in [0.3, 0.4) is 0 Å². The Balaban J connectivity index is 1.45. The minimum atomic E-state index is -3.61. The molecule has 1 aliphatic rings. The molecule has 5 rings (SSSR count). The van der Waals surface area contributed by atoms with Crippen LogP contribution in [0, 0.1) is 6.92 Å². The zero-order valence-corrected chi connectivity index (χ0v) is 19.0. The average molecular weight is 465 g/mol. The zero-order chi connectivity index (χ0) is 23.0. The summed E-state index contributed by atoms with van der Waals surface area (Å²) in [6.45, 7) is 3.15. The van der Waals surface area contributed by atoms with Crippen LogP contribution >= 0.6 is 0 Å². The number of aromatic nitrogens is 5. The van der Waals surface area contributed by atoms with Crippen molar-refractivity contribution in [3.8, 4) is 0 Å². The summed E-state index contributed by atoms with van der Waals surface area (Å²) in [4.78, 5) is 20.5. The van der Waals surface area contributed by atoms with Gasteiger partial charge in [0.1, 0.15) is 5.82 Å². The van der Waals surface area contributed by atoms with Crippen molar-refractivity contribution in [2.75, 3.05) is 13.1 Å². The first-order valence-corrected chi connectivity index (χ1v) is 12.3. The highest BCUT2D eigenvalue weighted by Gasteiger charge is 2.32. The predicted octanol–water partition coefficient (Wildman–Crippen LogP) is 2.44. The number of hydrogen-bond donors (Lipinski definition) is 1. The van der Waals surface area contributed by atoms with Gasteiger partial charge in [0.25, 0.3) is 5.56 Å². The molecule has 0 bridgehead atoms. The number of nitrogens with zero attached hydrogens (tertiary/aromatic N) is 5. The van der Waals surface area contributed by atoms with Crippen molar-refractivity contribution in [2.45, 2.75) is 37.1 Å². The number of sulfonamides is 1. The molecule has 1 atom stereocenters. The lowest BCUT2D eigenvalue weighted by Gasteiger charge is -2.31. The Labute approximate surface area is 191 Å². The quantitative estimate of drug-likeness (QED) is 0.485. The summed E-state index contributed by atoms with van der Waals surface area (Å²) in [7, 11) is -3.61. The second kappa shape index (κ2) is 8.53. The number of aromatic amines is 1. The SMILES string of the molecule is Cc1ccc(Cn2nnc3c(=O)[nH]c([C@@H]4CCCN(S(=O)(=O)c5ccccc5)C4)nc32)cc1. The van der Waals surface area contributed by atoms with Gasteiger partial charge in [-0.1, -0.05) is 53.2 Å². The zero-order valence-electron chi connectivity index (χ0n) is 18.2. The number of piperidine rings is 1. The largest absolute Gasteiger partial charge is 0.308 e. The molecule has 0 amide bonds. The minimum Gasteiger partial charge on any atom is -0.308 e. The van der Waals surface area contributed by atoms with E-state index in [1.54, 1.807) is 35.0 Å². The molecule has 10 heteroatoms. The maximum absolute atomic E-state index is 13.1. The van der Waals surface area contributed by atoms with Crippen LogP contribution in [0.15, 0.2) is 64.3 Å². The van der Waals surface area contributed by atoms with Crippen molar-refractivity contribution in [2.24, 2.45) is 0 Å². The van der Waals surface area contributed by atoms with Crippen LogP contribution in [0.4, 0.5) is 0 Å². The van der Waals surface area contributed by atoms with Gasteiger partial charge in [0.2, 0.25) is 10.0 Å². The van der Waals surface area contributed by atoms with Crippen LogP contribution in [-0.4, -0.2) is 50.8 Å². The number of hydrogen-bond acceptors (Lipinski definition) is 6. The van der Waals surface area contributed by atoms with E-state index in [4.69, 9.17) is 0 Å². The molecule has 1 saturated heterocycles. The third-order valence-corrected chi connectivity index (χ3v) is 7.88. The molecule has 0 unspecified atom stereocenters. The smallest absolute Gasteiger partial charge is 0.281 e. The summed E-state index contributed by atoms with van der Waals surface area (Å²) >= 11 is 0. The average Bonchev–Trinajstić information content (AvgIpc) is 3.24. The van der Waals surface area contributed by atoms with E-state index in [2.05, 4.69) is 20.3 Å². The van der Waals surface area contributed by atoms with Gasteiger partial charge in [-0.25, -0.2) is 18.1 Å². The van der Waals surface area contributed by atoms with E-state index in [-0.39, 0.29) is 28.4 Å². The van der Waals surface area contributed by atoms with Crippen molar-refractivity contribution in [3.63, 3.8) is 0 Å². The molecule has 0 radical (unpaired) electrons. The fourth-order valence-corrected chi connectivity index (χ4v) is 5.72. The van der Waals surface area contributed by atoms with Crippen LogP contribution in [0.25, 0.3) is 11.2 Å². The molecule has 1 aliphatic heterocycles. The molecule has 2 aromatic heterocycles. The second-order valence-electron chi connectivity index (χ2n) is 8.37.